The van der Waals surface area contributed by atoms with Gasteiger partial charge in [0.15, 0.2) is 33.6 Å². The SMILES string of the molecule is Br.COc1cc(-c2cn(CC(=O)c3cc(OCCCCN)c(OC)c(C(C)(C)C)c3)c(=N)s2)cc(OC)c1O. The zero-order valence-corrected chi connectivity index (χ0v) is 25.8. The molecule has 0 atom stereocenters. The van der Waals surface area contributed by atoms with Gasteiger partial charge in [-0.25, -0.2) is 0 Å². The third-order valence-corrected chi connectivity index (χ3v) is 7.05. The molecule has 0 saturated carbocycles. The van der Waals surface area contributed by atoms with Crippen molar-refractivity contribution in [3.8, 4) is 39.2 Å². The summed E-state index contributed by atoms with van der Waals surface area (Å²) in [5, 5.41) is 18.7. The number of nitrogens with two attached hydrogens (primary N) is 1. The summed E-state index contributed by atoms with van der Waals surface area (Å²) in [7, 11) is 4.51. The minimum atomic E-state index is -0.294. The third kappa shape index (κ3) is 7.55. The number of carbonyl (C=O) groups excluding carboxylic acids is 1. The van der Waals surface area contributed by atoms with E-state index in [4.69, 9.17) is 30.1 Å². The summed E-state index contributed by atoms with van der Waals surface area (Å²) in [6.07, 6.45) is 3.38. The summed E-state index contributed by atoms with van der Waals surface area (Å²) in [5.74, 6) is 1.39. The van der Waals surface area contributed by atoms with E-state index >= 15 is 0 Å². The Morgan fingerprint density at radius 2 is 1.67 bits per heavy atom. The first kappa shape index (κ1) is 32.2. The fourth-order valence-corrected chi connectivity index (χ4v) is 4.85. The summed E-state index contributed by atoms with van der Waals surface area (Å²) >= 11 is 1.21. The Morgan fingerprint density at radius 3 is 2.21 bits per heavy atom. The highest BCUT2D eigenvalue weighted by molar-refractivity contribution is 8.93. The zero-order valence-electron chi connectivity index (χ0n) is 23.3. The Morgan fingerprint density at radius 1 is 1.03 bits per heavy atom. The average Bonchev–Trinajstić information content (AvgIpc) is 3.25. The van der Waals surface area contributed by atoms with E-state index in [2.05, 4.69) is 20.8 Å². The van der Waals surface area contributed by atoms with Gasteiger partial charge in [-0.1, -0.05) is 32.1 Å². The minimum absolute atomic E-state index is 0. The number of unbranched alkanes of at least 4 members (excludes halogenated alkanes) is 1. The number of phenols is 1. The molecule has 1 aromatic heterocycles. The largest absolute Gasteiger partial charge is 0.502 e. The number of nitrogens with one attached hydrogen (secondary N) is 1. The molecule has 2 aromatic carbocycles. The lowest BCUT2D eigenvalue weighted by molar-refractivity contribution is 0.0970. The molecule has 0 aliphatic rings. The number of Topliss-reactive ketones (excluding diaryl/α,β-unsaturated/α-hetero) is 1. The fourth-order valence-electron chi connectivity index (χ4n) is 3.99. The molecule has 11 heteroatoms. The van der Waals surface area contributed by atoms with Gasteiger partial charge in [-0.15, -0.1) is 17.0 Å². The fraction of sp³-hybridized carbons (Fsp3) is 0.429. The summed E-state index contributed by atoms with van der Waals surface area (Å²) < 4.78 is 23.8. The second-order valence-electron chi connectivity index (χ2n) is 9.83. The summed E-state index contributed by atoms with van der Waals surface area (Å²) in [5.41, 5.74) is 7.36. The lowest BCUT2D eigenvalue weighted by Gasteiger charge is -2.25. The van der Waals surface area contributed by atoms with Crippen LogP contribution in [-0.4, -0.2) is 49.9 Å². The maximum Gasteiger partial charge on any atom is 0.200 e. The van der Waals surface area contributed by atoms with Crippen LogP contribution in [0, 0.1) is 5.41 Å². The van der Waals surface area contributed by atoms with E-state index in [9.17, 15) is 9.90 Å². The molecule has 0 fully saturated rings. The standard InChI is InChI=1S/C28H37N3O6S.BrH/c1-28(2,3)19-11-17(12-23(26(19)36-6)37-10-8-7-9-29)20(32)15-31-16-24(38-27(31)30)18-13-21(34-4)25(33)22(14-18)35-5;/h11-14,16,30,33H,7-10,15,29H2,1-6H3;1H. The summed E-state index contributed by atoms with van der Waals surface area (Å²) in [6.45, 7) is 7.20. The van der Waals surface area contributed by atoms with E-state index < -0.39 is 0 Å². The number of thiazole rings is 1. The Hall–Kier alpha value is -3.02. The quantitative estimate of drug-likeness (QED) is 0.184. The zero-order chi connectivity index (χ0) is 28.0. The monoisotopic (exact) mass is 623 g/mol. The van der Waals surface area contributed by atoms with E-state index in [0.717, 1.165) is 23.3 Å². The smallest absolute Gasteiger partial charge is 0.200 e. The van der Waals surface area contributed by atoms with Crippen LogP contribution in [0.5, 0.6) is 28.7 Å². The van der Waals surface area contributed by atoms with Gasteiger partial charge in [0, 0.05) is 22.9 Å². The average molecular weight is 625 g/mol. The predicted octanol–water partition coefficient (Wildman–Crippen LogP) is 5.30. The molecule has 0 aliphatic heterocycles. The molecule has 214 valence electrons. The molecule has 0 radical (unpaired) electrons. The first-order valence-corrected chi connectivity index (χ1v) is 13.1. The molecule has 0 spiro atoms. The molecule has 0 bridgehead atoms. The van der Waals surface area contributed by atoms with Gasteiger partial charge >= 0.3 is 0 Å². The third-order valence-electron chi connectivity index (χ3n) is 6.06. The number of rotatable bonds is 12. The van der Waals surface area contributed by atoms with Crippen molar-refractivity contribution in [2.24, 2.45) is 5.73 Å². The normalized spacial score (nSPS) is 11.1. The van der Waals surface area contributed by atoms with Crippen LogP contribution in [0.25, 0.3) is 10.4 Å². The second-order valence-corrected chi connectivity index (χ2v) is 10.9. The number of methoxy groups -OCH3 is 3. The van der Waals surface area contributed by atoms with Gasteiger partial charge in [0.2, 0.25) is 5.75 Å². The molecule has 0 aliphatic carbocycles. The number of ketones is 1. The topological polar surface area (TPSA) is 129 Å². The number of aromatic hydroxyl groups is 1. The van der Waals surface area contributed by atoms with Crippen molar-refractivity contribution >= 4 is 34.1 Å². The number of hydrogen-bond acceptors (Lipinski definition) is 9. The van der Waals surface area contributed by atoms with Crippen molar-refractivity contribution < 1.29 is 28.8 Å². The number of carbonyl (C=O) groups is 1. The van der Waals surface area contributed by atoms with Crippen LogP contribution < -0.4 is 29.5 Å². The molecular formula is C28H38BrN3O6S. The summed E-state index contributed by atoms with van der Waals surface area (Å²) in [6, 6.07) is 6.90. The van der Waals surface area contributed by atoms with Crippen LogP contribution >= 0.6 is 28.3 Å². The van der Waals surface area contributed by atoms with Gasteiger partial charge in [-0.05, 0) is 49.1 Å². The highest BCUT2D eigenvalue weighted by Gasteiger charge is 2.25. The molecular weight excluding hydrogens is 586 g/mol. The maximum absolute atomic E-state index is 13.5. The molecule has 3 aromatic rings. The van der Waals surface area contributed by atoms with Crippen LogP contribution in [0.15, 0.2) is 30.5 Å². The van der Waals surface area contributed by atoms with Gasteiger partial charge in [0.05, 0.1) is 39.4 Å². The molecule has 0 amide bonds. The van der Waals surface area contributed by atoms with E-state index in [1.54, 1.807) is 36.1 Å². The van der Waals surface area contributed by atoms with Crippen LogP contribution in [0.1, 0.15) is 49.5 Å². The Bertz CT molecular complexity index is 1320. The lowest BCUT2D eigenvalue weighted by atomic mass is 9.84. The highest BCUT2D eigenvalue weighted by Crippen LogP contribution is 2.42. The number of benzene rings is 2. The Labute approximate surface area is 243 Å². The van der Waals surface area contributed by atoms with E-state index in [1.165, 1.54) is 25.6 Å². The van der Waals surface area contributed by atoms with E-state index in [1.807, 2.05) is 6.07 Å². The van der Waals surface area contributed by atoms with Gasteiger partial charge < -0.3 is 34.4 Å². The van der Waals surface area contributed by atoms with E-state index in [-0.39, 0.29) is 56.8 Å². The van der Waals surface area contributed by atoms with Crippen molar-refractivity contribution in [1.29, 1.82) is 5.41 Å². The van der Waals surface area contributed by atoms with E-state index in [0.29, 0.717) is 35.8 Å². The lowest BCUT2D eigenvalue weighted by Crippen LogP contribution is -2.20. The minimum Gasteiger partial charge on any atom is -0.502 e. The van der Waals surface area contributed by atoms with Crippen molar-refractivity contribution in [1.82, 2.24) is 4.57 Å². The summed E-state index contributed by atoms with van der Waals surface area (Å²) in [4.78, 5) is 14.4. The Kier molecular flexibility index (Phi) is 11.4. The first-order chi connectivity index (χ1) is 18.0. The van der Waals surface area contributed by atoms with Crippen LogP contribution in [-0.2, 0) is 12.0 Å². The van der Waals surface area contributed by atoms with Crippen molar-refractivity contribution in [3.05, 3.63) is 46.4 Å². The molecule has 1 heterocycles. The van der Waals surface area contributed by atoms with Gasteiger partial charge in [0.25, 0.3) is 0 Å². The first-order valence-electron chi connectivity index (χ1n) is 12.3. The maximum atomic E-state index is 13.5. The van der Waals surface area contributed by atoms with Crippen molar-refractivity contribution in [2.75, 3.05) is 34.5 Å². The molecule has 4 N–H and O–H groups in total. The van der Waals surface area contributed by atoms with Gasteiger partial charge in [-0.3, -0.25) is 10.2 Å². The molecule has 9 nitrogen and oxygen atoms in total. The number of halogens is 1. The van der Waals surface area contributed by atoms with Crippen molar-refractivity contribution in [2.45, 2.75) is 45.6 Å². The van der Waals surface area contributed by atoms with Crippen LogP contribution in [0.3, 0.4) is 0 Å². The Balaban J connectivity index is 0.00000533. The predicted molar refractivity (Wildman–Crippen MR) is 158 cm³/mol. The molecule has 0 unspecified atom stereocenters. The van der Waals surface area contributed by atoms with Crippen molar-refractivity contribution in [3.63, 3.8) is 0 Å². The number of hydrogen-bond donors (Lipinski definition) is 3. The second kappa shape index (κ2) is 13.9. The number of nitrogens with zero attached hydrogens (tertiary/aromatic N) is 1. The molecule has 0 saturated heterocycles. The van der Waals surface area contributed by atoms with Crippen LogP contribution in [0.4, 0.5) is 0 Å². The molecule has 3 rings (SSSR count). The van der Waals surface area contributed by atoms with Gasteiger partial charge in [0.1, 0.15) is 0 Å². The van der Waals surface area contributed by atoms with Crippen LogP contribution in [0.2, 0.25) is 0 Å². The number of aromatic nitrogens is 1. The van der Waals surface area contributed by atoms with Gasteiger partial charge in [-0.2, -0.15) is 0 Å². The number of ether oxygens (including phenoxy) is 4. The number of phenolic OH excluding ortho intramolecular Hbond substituents is 1. The molecule has 39 heavy (non-hydrogen) atoms. The highest BCUT2D eigenvalue weighted by atomic mass is 79.9.